The van der Waals surface area contributed by atoms with Gasteiger partial charge in [-0.1, -0.05) is 19.8 Å². The van der Waals surface area contributed by atoms with Crippen molar-refractivity contribution in [3.05, 3.63) is 17.0 Å². The number of nitrogens with one attached hydrogen (secondary N) is 1. The molecule has 0 aliphatic heterocycles. The van der Waals surface area contributed by atoms with Crippen LogP contribution < -0.4 is 5.32 Å². The van der Waals surface area contributed by atoms with Crippen molar-refractivity contribution in [2.45, 2.75) is 32.6 Å². The molecule has 4 heteroatoms. The van der Waals surface area contributed by atoms with Crippen LogP contribution >= 0.6 is 11.3 Å². The zero-order valence-electron chi connectivity index (χ0n) is 9.21. The molecule has 1 heterocycles. The second-order valence-electron chi connectivity index (χ2n) is 3.35. The summed E-state index contributed by atoms with van der Waals surface area (Å²) in [4.78, 5) is 11.0. The van der Waals surface area contributed by atoms with Gasteiger partial charge in [0.2, 0.25) is 0 Å². The second kappa shape index (κ2) is 6.45. The molecular weight excluding hydrogens is 210 g/mol. The first-order valence-corrected chi connectivity index (χ1v) is 6.07. The Balaban J connectivity index is 2.49. The molecule has 1 aromatic heterocycles. The summed E-state index contributed by atoms with van der Waals surface area (Å²) < 4.78 is 4.56. The van der Waals surface area contributed by atoms with Crippen LogP contribution in [-0.2, 0) is 11.2 Å². The Kier molecular flexibility index (Phi) is 5.18. The van der Waals surface area contributed by atoms with Crippen molar-refractivity contribution in [1.29, 1.82) is 0 Å². The quantitative estimate of drug-likeness (QED) is 0.779. The topological polar surface area (TPSA) is 38.3 Å². The highest BCUT2D eigenvalue weighted by Gasteiger charge is 2.07. The molecule has 0 bridgehead atoms. The number of rotatable bonds is 5. The number of hydrogen-bond acceptors (Lipinski definition) is 3. The first kappa shape index (κ1) is 12.0. The lowest BCUT2D eigenvalue weighted by Gasteiger charge is -2.04. The Morgan fingerprint density at radius 2 is 2.33 bits per heavy atom. The molecular formula is C11H17NO2S. The molecule has 3 nitrogen and oxygen atoms in total. The van der Waals surface area contributed by atoms with Crippen LogP contribution in [0.25, 0.3) is 0 Å². The highest BCUT2D eigenvalue weighted by Crippen LogP contribution is 2.25. The van der Waals surface area contributed by atoms with Crippen molar-refractivity contribution in [3.63, 3.8) is 0 Å². The second-order valence-corrected chi connectivity index (χ2v) is 4.26. The summed E-state index contributed by atoms with van der Waals surface area (Å²) in [5.74, 6) is 0. The van der Waals surface area contributed by atoms with E-state index in [1.165, 1.54) is 43.3 Å². The van der Waals surface area contributed by atoms with E-state index in [2.05, 4.69) is 23.0 Å². The lowest BCUT2D eigenvalue weighted by Crippen LogP contribution is -2.10. The van der Waals surface area contributed by atoms with Crippen molar-refractivity contribution >= 4 is 22.4 Å². The van der Waals surface area contributed by atoms with E-state index in [1.807, 2.05) is 5.38 Å². The number of thiophene rings is 1. The smallest absolute Gasteiger partial charge is 0.411 e. The number of methoxy groups -OCH3 is 1. The zero-order chi connectivity index (χ0) is 11.1. The highest BCUT2D eigenvalue weighted by atomic mass is 32.1. The van der Waals surface area contributed by atoms with Crippen LogP contribution in [0.3, 0.4) is 0 Å². The number of amides is 1. The van der Waals surface area contributed by atoms with Crippen molar-refractivity contribution in [2.24, 2.45) is 0 Å². The lowest BCUT2D eigenvalue weighted by atomic mass is 10.1. The third kappa shape index (κ3) is 3.91. The van der Waals surface area contributed by atoms with E-state index < -0.39 is 6.09 Å². The number of aryl methyl sites for hydroxylation is 1. The van der Waals surface area contributed by atoms with Gasteiger partial charge in [-0.2, -0.15) is 0 Å². The van der Waals surface area contributed by atoms with Crippen LogP contribution in [0.4, 0.5) is 9.80 Å². The fourth-order valence-electron chi connectivity index (χ4n) is 1.35. The third-order valence-corrected chi connectivity index (χ3v) is 3.07. The molecule has 0 unspecified atom stereocenters. The largest absolute Gasteiger partial charge is 0.453 e. The van der Waals surface area contributed by atoms with E-state index in [9.17, 15) is 4.79 Å². The van der Waals surface area contributed by atoms with Gasteiger partial charge < -0.3 is 4.74 Å². The van der Waals surface area contributed by atoms with Gasteiger partial charge in [0.15, 0.2) is 0 Å². The van der Waals surface area contributed by atoms with Crippen LogP contribution in [0.5, 0.6) is 0 Å². The molecule has 0 saturated heterocycles. The molecule has 15 heavy (non-hydrogen) atoms. The molecule has 1 N–H and O–H groups in total. The molecule has 0 saturated carbocycles. The van der Waals surface area contributed by atoms with Gasteiger partial charge in [-0.25, -0.2) is 4.79 Å². The third-order valence-electron chi connectivity index (χ3n) is 2.20. The number of ether oxygens (including phenoxy) is 1. The SMILES string of the molecule is CCCCCc1ccsc1NC(=O)OC. The van der Waals surface area contributed by atoms with Gasteiger partial charge in [0.05, 0.1) is 7.11 Å². The number of carbonyl (C=O) groups is 1. The summed E-state index contributed by atoms with van der Waals surface area (Å²) in [5.41, 5.74) is 1.21. The summed E-state index contributed by atoms with van der Waals surface area (Å²) >= 11 is 1.54. The Bertz CT molecular complexity index is 309. The van der Waals surface area contributed by atoms with Crippen LogP contribution in [0.2, 0.25) is 0 Å². The first-order chi connectivity index (χ1) is 7.27. The molecule has 1 aromatic rings. The van der Waals surface area contributed by atoms with Gasteiger partial charge >= 0.3 is 6.09 Å². The fraction of sp³-hybridized carbons (Fsp3) is 0.545. The minimum absolute atomic E-state index is 0.394. The average molecular weight is 227 g/mol. The lowest BCUT2D eigenvalue weighted by molar-refractivity contribution is 0.187. The average Bonchev–Trinajstić information content (AvgIpc) is 2.66. The van der Waals surface area contributed by atoms with Gasteiger partial charge in [-0.15, -0.1) is 11.3 Å². The number of unbranched alkanes of at least 4 members (excludes halogenated alkanes) is 2. The Morgan fingerprint density at radius 3 is 3.00 bits per heavy atom. The summed E-state index contributed by atoms with van der Waals surface area (Å²) in [6.45, 7) is 2.18. The molecule has 0 aliphatic carbocycles. The summed E-state index contributed by atoms with van der Waals surface area (Å²) in [6.07, 6.45) is 4.24. The Hall–Kier alpha value is -1.03. The predicted octanol–water partition coefficient (Wildman–Crippen LogP) is 3.66. The standard InChI is InChI=1S/C11H17NO2S/c1-3-4-5-6-9-7-8-15-10(9)12-11(13)14-2/h7-8H,3-6H2,1-2H3,(H,12,13). The van der Waals surface area contributed by atoms with Crippen LogP contribution in [0, 0.1) is 0 Å². The van der Waals surface area contributed by atoms with Gasteiger partial charge in [0.25, 0.3) is 0 Å². The minimum atomic E-state index is -0.394. The van der Waals surface area contributed by atoms with Crippen LogP contribution in [0.1, 0.15) is 31.7 Å². The van der Waals surface area contributed by atoms with Crippen molar-refractivity contribution < 1.29 is 9.53 Å². The zero-order valence-corrected chi connectivity index (χ0v) is 10.0. The van der Waals surface area contributed by atoms with E-state index >= 15 is 0 Å². The number of anilines is 1. The van der Waals surface area contributed by atoms with Gasteiger partial charge in [-0.05, 0) is 29.9 Å². The molecule has 1 amide bonds. The molecule has 0 radical (unpaired) electrons. The van der Waals surface area contributed by atoms with E-state index in [4.69, 9.17) is 0 Å². The van der Waals surface area contributed by atoms with Crippen molar-refractivity contribution in [3.8, 4) is 0 Å². The van der Waals surface area contributed by atoms with E-state index in [1.54, 1.807) is 0 Å². The minimum Gasteiger partial charge on any atom is -0.453 e. The molecule has 1 rings (SSSR count). The summed E-state index contributed by atoms with van der Waals surface area (Å²) in [7, 11) is 1.37. The predicted molar refractivity (Wildman–Crippen MR) is 63.6 cm³/mol. The molecule has 0 aliphatic rings. The molecule has 0 fully saturated rings. The van der Waals surface area contributed by atoms with Crippen LogP contribution in [-0.4, -0.2) is 13.2 Å². The Labute approximate surface area is 94.5 Å². The Morgan fingerprint density at radius 1 is 1.53 bits per heavy atom. The van der Waals surface area contributed by atoms with E-state index in [0.717, 1.165) is 11.4 Å². The maximum Gasteiger partial charge on any atom is 0.411 e. The molecule has 0 atom stereocenters. The normalized spacial score (nSPS) is 10.0. The first-order valence-electron chi connectivity index (χ1n) is 5.19. The number of carbonyl (C=O) groups excluding carboxylic acids is 1. The monoisotopic (exact) mass is 227 g/mol. The maximum atomic E-state index is 11.0. The molecule has 84 valence electrons. The van der Waals surface area contributed by atoms with Crippen molar-refractivity contribution in [1.82, 2.24) is 0 Å². The van der Waals surface area contributed by atoms with Crippen LogP contribution in [0.15, 0.2) is 11.4 Å². The van der Waals surface area contributed by atoms with Gasteiger partial charge in [0, 0.05) is 0 Å². The number of hydrogen-bond donors (Lipinski definition) is 1. The highest BCUT2D eigenvalue weighted by molar-refractivity contribution is 7.14. The summed E-state index contributed by atoms with van der Waals surface area (Å²) in [6, 6.07) is 2.06. The van der Waals surface area contributed by atoms with Gasteiger partial charge in [-0.3, -0.25) is 5.32 Å². The van der Waals surface area contributed by atoms with Crippen molar-refractivity contribution in [2.75, 3.05) is 12.4 Å². The molecule has 0 spiro atoms. The fourth-order valence-corrected chi connectivity index (χ4v) is 2.18. The maximum absolute atomic E-state index is 11.0. The van der Waals surface area contributed by atoms with E-state index in [0.29, 0.717) is 0 Å². The molecule has 0 aromatic carbocycles. The van der Waals surface area contributed by atoms with Gasteiger partial charge in [0.1, 0.15) is 5.00 Å². The van der Waals surface area contributed by atoms with E-state index in [-0.39, 0.29) is 0 Å². The summed E-state index contributed by atoms with van der Waals surface area (Å²) in [5, 5.41) is 5.63.